The quantitative estimate of drug-likeness (QED) is 0.476. The molecule has 1 N–H and O–H groups in total. The molecule has 2 aromatic carbocycles. The van der Waals surface area contributed by atoms with E-state index < -0.39 is 0 Å². The van der Waals surface area contributed by atoms with Crippen LogP contribution in [0.5, 0.6) is 0 Å². The van der Waals surface area contributed by atoms with Gasteiger partial charge in [-0.2, -0.15) is 14.6 Å². The lowest BCUT2D eigenvalue weighted by molar-refractivity contribution is 0.423. The Kier molecular flexibility index (Phi) is 4.46. The number of anilines is 1. The van der Waals surface area contributed by atoms with Crippen LogP contribution in [-0.2, 0) is 6.42 Å². The standard InChI is InChI=1S/C22H18N6O/c1-3-7-16(8-4-1)18-15-21(28-20(25-18)12-14-24-28)23-13-11-19-26-22(29-27-19)17-9-5-2-6-10-17/h1-10,12,14-15,23H,11,13H2. The second kappa shape index (κ2) is 7.55. The van der Waals surface area contributed by atoms with E-state index in [4.69, 9.17) is 9.51 Å². The Morgan fingerprint density at radius 1 is 0.862 bits per heavy atom. The summed E-state index contributed by atoms with van der Waals surface area (Å²) in [6, 6.07) is 23.7. The highest BCUT2D eigenvalue weighted by atomic mass is 16.5. The van der Waals surface area contributed by atoms with Crippen LogP contribution in [0.2, 0.25) is 0 Å². The summed E-state index contributed by atoms with van der Waals surface area (Å²) in [5.74, 6) is 2.06. The molecule has 5 rings (SSSR count). The van der Waals surface area contributed by atoms with E-state index in [0.717, 1.165) is 28.3 Å². The van der Waals surface area contributed by atoms with Crippen LogP contribution >= 0.6 is 0 Å². The van der Waals surface area contributed by atoms with Gasteiger partial charge >= 0.3 is 0 Å². The fourth-order valence-electron chi connectivity index (χ4n) is 3.15. The highest BCUT2D eigenvalue weighted by Gasteiger charge is 2.10. The number of benzene rings is 2. The zero-order valence-corrected chi connectivity index (χ0v) is 15.6. The molecule has 0 aliphatic carbocycles. The van der Waals surface area contributed by atoms with Crippen LogP contribution in [0.3, 0.4) is 0 Å². The molecule has 7 heteroatoms. The fraction of sp³-hybridized carbons (Fsp3) is 0.0909. The number of hydrogen-bond donors (Lipinski definition) is 1. The van der Waals surface area contributed by atoms with E-state index in [1.54, 1.807) is 10.7 Å². The van der Waals surface area contributed by atoms with Crippen molar-refractivity contribution < 1.29 is 4.52 Å². The van der Waals surface area contributed by atoms with Gasteiger partial charge in [-0.25, -0.2) is 4.98 Å². The molecular weight excluding hydrogens is 364 g/mol. The van der Waals surface area contributed by atoms with Gasteiger partial charge in [-0.1, -0.05) is 53.7 Å². The van der Waals surface area contributed by atoms with Gasteiger partial charge in [0.2, 0.25) is 0 Å². The third-order valence-corrected chi connectivity index (χ3v) is 4.57. The van der Waals surface area contributed by atoms with Gasteiger partial charge < -0.3 is 9.84 Å². The highest BCUT2D eigenvalue weighted by Crippen LogP contribution is 2.22. The topological polar surface area (TPSA) is 81.1 Å². The predicted octanol–water partition coefficient (Wildman–Crippen LogP) is 4.10. The van der Waals surface area contributed by atoms with Crippen molar-refractivity contribution in [2.75, 3.05) is 11.9 Å². The van der Waals surface area contributed by atoms with Gasteiger partial charge in [-0.3, -0.25) is 0 Å². The molecule has 0 spiro atoms. The smallest absolute Gasteiger partial charge is 0.257 e. The minimum Gasteiger partial charge on any atom is -0.369 e. The third kappa shape index (κ3) is 3.58. The van der Waals surface area contributed by atoms with E-state index in [-0.39, 0.29) is 0 Å². The SMILES string of the molecule is c1ccc(-c2cc(NCCc3noc(-c4ccccc4)n3)n3nccc3n2)cc1. The zero-order valence-electron chi connectivity index (χ0n) is 15.6. The summed E-state index contributed by atoms with van der Waals surface area (Å²) >= 11 is 0. The lowest BCUT2D eigenvalue weighted by atomic mass is 10.1. The molecule has 0 bridgehead atoms. The Balaban J connectivity index is 1.33. The van der Waals surface area contributed by atoms with Crippen molar-refractivity contribution in [3.63, 3.8) is 0 Å². The molecule has 3 heterocycles. The summed E-state index contributed by atoms with van der Waals surface area (Å²) in [4.78, 5) is 9.17. The van der Waals surface area contributed by atoms with Crippen LogP contribution in [0.4, 0.5) is 5.82 Å². The first kappa shape index (κ1) is 17.1. The molecule has 142 valence electrons. The maximum atomic E-state index is 5.37. The lowest BCUT2D eigenvalue weighted by Gasteiger charge is -2.10. The number of aromatic nitrogens is 5. The van der Waals surface area contributed by atoms with E-state index in [2.05, 4.69) is 20.6 Å². The Labute approximate surface area is 167 Å². The van der Waals surface area contributed by atoms with Gasteiger partial charge in [0.1, 0.15) is 5.82 Å². The van der Waals surface area contributed by atoms with E-state index in [1.165, 1.54) is 0 Å². The van der Waals surface area contributed by atoms with Gasteiger partial charge in [0.15, 0.2) is 11.5 Å². The molecule has 0 unspecified atom stereocenters. The van der Waals surface area contributed by atoms with Crippen LogP contribution in [0.15, 0.2) is 83.5 Å². The second-order valence-electron chi connectivity index (χ2n) is 6.55. The summed E-state index contributed by atoms with van der Waals surface area (Å²) in [5, 5.41) is 11.9. The minimum atomic E-state index is 0.533. The molecule has 0 saturated heterocycles. The van der Waals surface area contributed by atoms with E-state index in [9.17, 15) is 0 Å². The zero-order chi connectivity index (χ0) is 19.5. The normalized spacial score (nSPS) is 11.0. The summed E-state index contributed by atoms with van der Waals surface area (Å²) in [7, 11) is 0. The van der Waals surface area contributed by atoms with Crippen LogP contribution in [-0.4, -0.2) is 31.3 Å². The maximum absolute atomic E-state index is 5.37. The number of rotatable bonds is 6. The van der Waals surface area contributed by atoms with Gasteiger partial charge in [0.25, 0.3) is 5.89 Å². The van der Waals surface area contributed by atoms with E-state index in [1.807, 2.05) is 72.8 Å². The molecular formula is C22H18N6O. The number of nitrogens with one attached hydrogen (secondary N) is 1. The molecule has 0 aliphatic heterocycles. The van der Waals surface area contributed by atoms with Crippen LogP contribution in [0.25, 0.3) is 28.4 Å². The largest absolute Gasteiger partial charge is 0.369 e. The van der Waals surface area contributed by atoms with Crippen molar-refractivity contribution >= 4 is 11.5 Å². The monoisotopic (exact) mass is 382 g/mol. The number of nitrogens with zero attached hydrogens (tertiary/aromatic N) is 5. The van der Waals surface area contributed by atoms with Gasteiger partial charge in [-0.05, 0) is 12.1 Å². The van der Waals surface area contributed by atoms with Crippen LogP contribution < -0.4 is 5.32 Å². The first-order chi connectivity index (χ1) is 14.4. The van der Waals surface area contributed by atoms with Crippen LogP contribution in [0, 0.1) is 0 Å². The van der Waals surface area contributed by atoms with Gasteiger partial charge in [-0.15, -0.1) is 0 Å². The van der Waals surface area contributed by atoms with E-state index >= 15 is 0 Å². The summed E-state index contributed by atoms with van der Waals surface area (Å²) < 4.78 is 7.16. The molecule has 0 radical (unpaired) electrons. The molecule has 0 fully saturated rings. The number of fused-ring (bicyclic) bond motifs is 1. The first-order valence-electron chi connectivity index (χ1n) is 9.39. The molecule has 0 amide bonds. The predicted molar refractivity (Wildman–Crippen MR) is 110 cm³/mol. The minimum absolute atomic E-state index is 0.533. The van der Waals surface area contributed by atoms with Crippen LogP contribution in [0.1, 0.15) is 5.82 Å². The molecule has 0 saturated carbocycles. The molecule has 7 nitrogen and oxygen atoms in total. The summed E-state index contributed by atoms with van der Waals surface area (Å²) in [6.45, 7) is 0.640. The Morgan fingerprint density at radius 2 is 1.62 bits per heavy atom. The molecule has 29 heavy (non-hydrogen) atoms. The fourth-order valence-corrected chi connectivity index (χ4v) is 3.15. The number of hydrogen-bond acceptors (Lipinski definition) is 6. The second-order valence-corrected chi connectivity index (χ2v) is 6.55. The van der Waals surface area contributed by atoms with E-state index in [0.29, 0.717) is 24.7 Å². The molecule has 0 aliphatic rings. The molecule has 3 aromatic heterocycles. The molecule has 5 aromatic rings. The van der Waals surface area contributed by atoms with Gasteiger partial charge in [0, 0.05) is 36.2 Å². The van der Waals surface area contributed by atoms with Crippen molar-refractivity contribution in [2.45, 2.75) is 6.42 Å². The van der Waals surface area contributed by atoms with Crippen molar-refractivity contribution in [3.8, 4) is 22.7 Å². The van der Waals surface area contributed by atoms with Crippen molar-refractivity contribution in [2.24, 2.45) is 0 Å². The summed E-state index contributed by atoms with van der Waals surface area (Å²) in [6.07, 6.45) is 2.37. The lowest BCUT2D eigenvalue weighted by Crippen LogP contribution is -2.10. The van der Waals surface area contributed by atoms with Crippen molar-refractivity contribution in [3.05, 3.63) is 84.8 Å². The Morgan fingerprint density at radius 3 is 2.41 bits per heavy atom. The van der Waals surface area contributed by atoms with Crippen molar-refractivity contribution in [1.29, 1.82) is 0 Å². The maximum Gasteiger partial charge on any atom is 0.257 e. The summed E-state index contributed by atoms with van der Waals surface area (Å²) in [5.41, 5.74) is 3.66. The average molecular weight is 382 g/mol. The third-order valence-electron chi connectivity index (χ3n) is 4.57. The molecule has 0 atom stereocenters. The van der Waals surface area contributed by atoms with Crippen molar-refractivity contribution in [1.82, 2.24) is 24.7 Å². The first-order valence-corrected chi connectivity index (χ1v) is 9.39. The highest BCUT2D eigenvalue weighted by molar-refractivity contribution is 5.66. The Bertz CT molecular complexity index is 1230. The van der Waals surface area contributed by atoms with Gasteiger partial charge in [0.05, 0.1) is 11.9 Å². The Hall–Kier alpha value is -4.00. The average Bonchev–Trinajstić information content (AvgIpc) is 3.44.